The smallest absolute Gasteiger partial charge is 0.321 e. The molecule has 7 heteroatoms. The van der Waals surface area contributed by atoms with Gasteiger partial charge < -0.3 is 20.7 Å². The maximum atomic E-state index is 13.4. The highest BCUT2D eigenvalue weighted by Crippen LogP contribution is 2.26. The molecule has 1 aliphatic rings. The third-order valence-corrected chi connectivity index (χ3v) is 3.61. The molecule has 1 aromatic rings. The number of benzene rings is 1. The predicted octanol–water partition coefficient (Wildman–Crippen LogP) is 1.57. The van der Waals surface area contributed by atoms with E-state index in [1.165, 1.54) is 17.0 Å². The number of nitrogens with one attached hydrogen (secondary N) is 1. The van der Waals surface area contributed by atoms with Gasteiger partial charge in [0, 0.05) is 19.2 Å². The topological polar surface area (TPSA) is 84.7 Å². The van der Waals surface area contributed by atoms with Crippen LogP contribution in [0.2, 0.25) is 0 Å². The number of urea groups is 1. The number of anilines is 1. The zero-order valence-electron chi connectivity index (χ0n) is 12.5. The lowest BCUT2D eigenvalue weighted by Gasteiger charge is -2.31. The number of hydrogen-bond donors (Lipinski definition) is 2. The monoisotopic (exact) mass is 319 g/mol. The van der Waals surface area contributed by atoms with Crippen LogP contribution in [0, 0.1) is 24.1 Å². The molecule has 1 atom stereocenters. The molecule has 1 heterocycles. The highest BCUT2D eigenvalue weighted by atomic mass is 19.1. The Morgan fingerprint density at radius 3 is 3.00 bits per heavy atom. The second kappa shape index (κ2) is 7.49. The molecule has 3 amide bonds. The van der Waals surface area contributed by atoms with Crippen LogP contribution in [0.1, 0.15) is 12.8 Å². The molecule has 0 radical (unpaired) electrons. The Balaban J connectivity index is 2.08. The van der Waals surface area contributed by atoms with Gasteiger partial charge in [0.25, 0.3) is 0 Å². The van der Waals surface area contributed by atoms with Crippen LogP contribution in [0.25, 0.3) is 0 Å². The lowest BCUT2D eigenvalue weighted by atomic mass is 9.98. The molecule has 1 aromatic carbocycles. The van der Waals surface area contributed by atoms with Crippen LogP contribution in [0.3, 0.4) is 0 Å². The molecule has 23 heavy (non-hydrogen) atoms. The van der Waals surface area contributed by atoms with Gasteiger partial charge in [0.15, 0.2) is 0 Å². The van der Waals surface area contributed by atoms with E-state index in [0.29, 0.717) is 19.4 Å². The average molecular weight is 319 g/mol. The minimum Gasteiger partial charge on any atom is -0.479 e. The molecule has 3 N–H and O–H groups in total. The summed E-state index contributed by atoms with van der Waals surface area (Å²) in [5.41, 5.74) is 5.48. The van der Waals surface area contributed by atoms with Crippen LogP contribution in [0.15, 0.2) is 18.2 Å². The van der Waals surface area contributed by atoms with Crippen LogP contribution in [0.5, 0.6) is 5.75 Å². The van der Waals surface area contributed by atoms with Crippen LogP contribution in [0.4, 0.5) is 14.9 Å². The Labute approximate surface area is 133 Å². The fraction of sp³-hybridized carbons (Fsp3) is 0.375. The zero-order chi connectivity index (χ0) is 16.8. The number of likely N-dealkylation sites (tertiary alicyclic amines) is 1. The molecule has 1 fully saturated rings. The van der Waals surface area contributed by atoms with E-state index in [2.05, 4.69) is 11.2 Å². The van der Waals surface area contributed by atoms with Crippen LogP contribution < -0.4 is 15.8 Å². The van der Waals surface area contributed by atoms with Crippen molar-refractivity contribution in [2.24, 2.45) is 11.7 Å². The van der Waals surface area contributed by atoms with Gasteiger partial charge in [-0.15, -0.1) is 6.42 Å². The molecular weight excluding hydrogens is 301 g/mol. The lowest BCUT2D eigenvalue weighted by molar-refractivity contribution is -0.123. The summed E-state index contributed by atoms with van der Waals surface area (Å²) < 4.78 is 18.7. The number of halogens is 1. The summed E-state index contributed by atoms with van der Waals surface area (Å²) in [4.78, 5) is 25.1. The number of ether oxygens (including phenoxy) is 1. The number of carbonyl (C=O) groups is 2. The first-order chi connectivity index (χ1) is 11.0. The largest absolute Gasteiger partial charge is 0.479 e. The summed E-state index contributed by atoms with van der Waals surface area (Å²) in [6, 6.07) is 3.32. The molecule has 1 aliphatic heterocycles. The maximum absolute atomic E-state index is 13.4. The molecule has 0 bridgehead atoms. The highest BCUT2D eigenvalue weighted by Gasteiger charge is 2.27. The molecule has 1 saturated heterocycles. The fourth-order valence-electron chi connectivity index (χ4n) is 2.43. The van der Waals surface area contributed by atoms with E-state index in [0.717, 1.165) is 6.07 Å². The summed E-state index contributed by atoms with van der Waals surface area (Å²) in [6.07, 6.45) is 6.48. The minimum atomic E-state index is -0.512. The second-order valence-corrected chi connectivity index (χ2v) is 5.25. The van der Waals surface area contributed by atoms with E-state index < -0.39 is 17.8 Å². The molecule has 0 aromatic heterocycles. The number of hydrogen-bond acceptors (Lipinski definition) is 3. The van der Waals surface area contributed by atoms with Crippen molar-refractivity contribution in [2.75, 3.05) is 25.0 Å². The highest BCUT2D eigenvalue weighted by molar-refractivity contribution is 5.91. The number of nitrogens with zero attached hydrogens (tertiary/aromatic N) is 1. The van der Waals surface area contributed by atoms with E-state index in [1.807, 2.05) is 0 Å². The van der Waals surface area contributed by atoms with Gasteiger partial charge in [-0.05, 0) is 25.0 Å². The molecule has 0 aliphatic carbocycles. The Morgan fingerprint density at radius 1 is 1.52 bits per heavy atom. The number of primary amides is 1. The average Bonchev–Trinajstić information content (AvgIpc) is 2.54. The molecular formula is C16H18FN3O3. The number of carbonyl (C=O) groups excluding carboxylic acids is 2. The maximum Gasteiger partial charge on any atom is 0.321 e. The first-order valence-corrected chi connectivity index (χ1v) is 7.22. The summed E-state index contributed by atoms with van der Waals surface area (Å²) in [5.74, 6) is 1.28. The van der Waals surface area contributed by atoms with Crippen molar-refractivity contribution < 1.29 is 18.7 Å². The van der Waals surface area contributed by atoms with Crippen molar-refractivity contribution in [3.05, 3.63) is 24.0 Å². The number of nitrogens with two attached hydrogens (primary N) is 1. The normalized spacial score (nSPS) is 17.2. The summed E-state index contributed by atoms with van der Waals surface area (Å²) in [6.45, 7) is 0.754. The molecule has 6 nitrogen and oxygen atoms in total. The molecule has 2 rings (SSSR count). The Hall–Kier alpha value is -2.75. The van der Waals surface area contributed by atoms with Crippen LogP contribution in [-0.4, -0.2) is 36.5 Å². The quantitative estimate of drug-likeness (QED) is 0.826. The number of terminal acetylenes is 1. The number of rotatable bonds is 4. The molecule has 0 saturated carbocycles. The first kappa shape index (κ1) is 16.6. The van der Waals surface area contributed by atoms with Gasteiger partial charge in [-0.1, -0.05) is 5.92 Å². The summed E-state index contributed by atoms with van der Waals surface area (Å²) >= 11 is 0. The second-order valence-electron chi connectivity index (χ2n) is 5.25. The van der Waals surface area contributed by atoms with E-state index in [4.69, 9.17) is 16.9 Å². The third kappa shape index (κ3) is 4.36. The van der Waals surface area contributed by atoms with Gasteiger partial charge in [-0.2, -0.15) is 0 Å². The van der Waals surface area contributed by atoms with Gasteiger partial charge in [0.1, 0.15) is 18.2 Å². The minimum absolute atomic E-state index is 0.00195. The van der Waals surface area contributed by atoms with E-state index in [1.54, 1.807) is 0 Å². The number of amides is 3. The first-order valence-electron chi connectivity index (χ1n) is 7.22. The lowest BCUT2D eigenvalue weighted by Crippen LogP contribution is -2.45. The van der Waals surface area contributed by atoms with Crippen LogP contribution >= 0.6 is 0 Å². The van der Waals surface area contributed by atoms with E-state index >= 15 is 0 Å². The van der Waals surface area contributed by atoms with E-state index in [-0.39, 0.29) is 30.5 Å². The Kier molecular flexibility index (Phi) is 5.41. The van der Waals surface area contributed by atoms with Crippen molar-refractivity contribution in [1.82, 2.24) is 4.90 Å². The van der Waals surface area contributed by atoms with E-state index in [9.17, 15) is 14.0 Å². The standard InChI is InChI=1S/C16H18FN3O3/c1-2-8-23-14-6-5-12(17)9-13(14)19-16(22)20-7-3-4-11(10-20)15(18)21/h1,5-6,9,11H,3-4,7-8,10H2,(H2,18,21)(H,19,22). The van der Waals surface area contributed by atoms with Gasteiger partial charge >= 0.3 is 6.03 Å². The summed E-state index contributed by atoms with van der Waals surface area (Å²) in [5, 5.41) is 2.59. The summed E-state index contributed by atoms with van der Waals surface area (Å²) in [7, 11) is 0. The van der Waals surface area contributed by atoms with Crippen molar-refractivity contribution in [3.8, 4) is 18.1 Å². The van der Waals surface area contributed by atoms with Gasteiger partial charge in [0.2, 0.25) is 5.91 Å². The van der Waals surface area contributed by atoms with Crippen LogP contribution in [-0.2, 0) is 4.79 Å². The predicted molar refractivity (Wildman–Crippen MR) is 83.2 cm³/mol. The molecule has 122 valence electrons. The van der Waals surface area contributed by atoms with Gasteiger partial charge in [-0.3, -0.25) is 4.79 Å². The third-order valence-electron chi connectivity index (χ3n) is 3.61. The van der Waals surface area contributed by atoms with Crippen molar-refractivity contribution in [1.29, 1.82) is 0 Å². The van der Waals surface area contributed by atoms with Crippen molar-refractivity contribution in [3.63, 3.8) is 0 Å². The number of piperidine rings is 1. The zero-order valence-corrected chi connectivity index (χ0v) is 12.5. The molecule has 1 unspecified atom stereocenters. The van der Waals surface area contributed by atoms with Crippen molar-refractivity contribution >= 4 is 17.6 Å². The fourth-order valence-corrected chi connectivity index (χ4v) is 2.43. The van der Waals surface area contributed by atoms with Gasteiger partial charge in [0.05, 0.1) is 11.6 Å². The molecule has 0 spiro atoms. The van der Waals surface area contributed by atoms with Crippen molar-refractivity contribution in [2.45, 2.75) is 12.8 Å². The van der Waals surface area contributed by atoms with Gasteiger partial charge in [-0.25, -0.2) is 9.18 Å². The Bertz CT molecular complexity index is 642. The SMILES string of the molecule is C#CCOc1ccc(F)cc1NC(=O)N1CCCC(C(N)=O)C1. The Morgan fingerprint density at radius 2 is 2.30 bits per heavy atom.